The molecule has 4 rings (SSSR count). The van der Waals surface area contributed by atoms with Crippen molar-refractivity contribution >= 4 is 29.1 Å². The molecule has 8 nitrogen and oxygen atoms in total. The highest BCUT2D eigenvalue weighted by Gasteiger charge is 2.45. The van der Waals surface area contributed by atoms with Crippen LogP contribution in [-0.4, -0.2) is 44.1 Å². The van der Waals surface area contributed by atoms with Gasteiger partial charge in [0.25, 0.3) is 5.91 Å². The van der Waals surface area contributed by atoms with Gasteiger partial charge in [-0.2, -0.15) is 13.9 Å². The predicted molar refractivity (Wildman–Crippen MR) is 110 cm³/mol. The number of ether oxygens (including phenoxy) is 2. The average Bonchev–Trinajstić information content (AvgIpc) is 3.31. The Bertz CT molecular complexity index is 1240. The Balaban J connectivity index is 1.61. The lowest BCUT2D eigenvalue weighted by Gasteiger charge is -2.21. The maximum absolute atomic E-state index is 14.1. The van der Waals surface area contributed by atoms with Crippen molar-refractivity contribution in [1.29, 1.82) is 0 Å². The van der Waals surface area contributed by atoms with Gasteiger partial charge in [-0.1, -0.05) is 23.7 Å². The second-order valence-electron chi connectivity index (χ2n) is 7.25. The minimum absolute atomic E-state index is 0.109. The van der Waals surface area contributed by atoms with Gasteiger partial charge in [0.15, 0.2) is 5.65 Å². The van der Waals surface area contributed by atoms with Gasteiger partial charge in [0.1, 0.15) is 5.75 Å². The van der Waals surface area contributed by atoms with Gasteiger partial charge >= 0.3 is 12.1 Å². The quantitative estimate of drug-likeness (QED) is 0.535. The zero-order chi connectivity index (χ0) is 23.2. The highest BCUT2D eigenvalue weighted by molar-refractivity contribution is 6.31. The molecule has 0 radical (unpaired) electrons. The number of halogens is 3. The summed E-state index contributed by atoms with van der Waals surface area (Å²) in [5, 5.41) is 5.02. The molecule has 3 heterocycles. The number of hydrogen-bond donors (Lipinski definition) is 0. The molecule has 2 aromatic heterocycles. The second-order valence-corrected chi connectivity index (χ2v) is 7.63. The molecule has 0 aliphatic carbocycles. The van der Waals surface area contributed by atoms with Gasteiger partial charge in [-0.05, 0) is 32.9 Å². The van der Waals surface area contributed by atoms with Crippen LogP contribution in [0.25, 0.3) is 5.65 Å². The number of benzene rings is 1. The van der Waals surface area contributed by atoms with E-state index in [1.54, 1.807) is 11.4 Å². The van der Waals surface area contributed by atoms with E-state index in [-0.39, 0.29) is 25.3 Å². The number of hydrogen-bond acceptors (Lipinski definition) is 6. The van der Waals surface area contributed by atoms with Gasteiger partial charge in [-0.15, -0.1) is 0 Å². The van der Waals surface area contributed by atoms with Crippen molar-refractivity contribution in [2.24, 2.45) is 0 Å². The first-order valence-electron chi connectivity index (χ1n) is 9.79. The maximum atomic E-state index is 14.1. The molecule has 0 unspecified atom stereocenters. The monoisotopic (exact) mass is 464 g/mol. The number of amides is 1. The molecule has 1 aliphatic rings. The van der Waals surface area contributed by atoms with E-state index in [0.29, 0.717) is 22.1 Å². The summed E-state index contributed by atoms with van der Waals surface area (Å²) in [7, 11) is 0. The van der Waals surface area contributed by atoms with Crippen molar-refractivity contribution in [3.63, 3.8) is 0 Å². The summed E-state index contributed by atoms with van der Waals surface area (Å²) in [4.78, 5) is 30.6. The van der Waals surface area contributed by atoms with Crippen molar-refractivity contribution in [2.45, 2.75) is 40.0 Å². The van der Waals surface area contributed by atoms with Crippen LogP contribution in [0.5, 0.6) is 5.75 Å². The summed E-state index contributed by atoms with van der Waals surface area (Å²) in [5.74, 6) is -2.79. The molecule has 0 atom stereocenters. The van der Waals surface area contributed by atoms with Gasteiger partial charge in [0, 0.05) is 5.56 Å². The minimum atomic E-state index is -4.24. The molecule has 1 aliphatic heterocycles. The van der Waals surface area contributed by atoms with E-state index < -0.39 is 23.7 Å². The summed E-state index contributed by atoms with van der Waals surface area (Å²) in [6.45, 7) is 5.13. The highest BCUT2D eigenvalue weighted by atomic mass is 35.5. The largest absolute Gasteiger partial charge is 0.502 e. The smallest absolute Gasteiger partial charge is 0.459 e. The number of esters is 1. The summed E-state index contributed by atoms with van der Waals surface area (Å²) >= 11 is 6.25. The minimum Gasteiger partial charge on any atom is -0.459 e. The first kappa shape index (κ1) is 21.9. The number of alkyl halides is 2. The Hall–Kier alpha value is -3.27. The van der Waals surface area contributed by atoms with E-state index in [4.69, 9.17) is 11.6 Å². The topological polar surface area (TPSA) is 86.0 Å². The van der Waals surface area contributed by atoms with Crippen molar-refractivity contribution in [3.05, 3.63) is 57.5 Å². The fourth-order valence-electron chi connectivity index (χ4n) is 3.55. The fourth-order valence-corrected chi connectivity index (χ4v) is 3.68. The van der Waals surface area contributed by atoms with Crippen LogP contribution in [0.4, 0.5) is 8.78 Å². The normalized spacial score (nSPS) is 13.4. The molecule has 32 heavy (non-hydrogen) atoms. The van der Waals surface area contributed by atoms with Crippen molar-refractivity contribution in [3.8, 4) is 5.75 Å². The number of carbonyl (C=O) groups excluding carboxylic acids is 2. The Kier molecular flexibility index (Phi) is 5.49. The number of aryl methyl sites for hydroxylation is 2. The lowest BCUT2D eigenvalue weighted by Crippen LogP contribution is -2.37. The molecule has 3 aromatic rings. The third kappa shape index (κ3) is 3.64. The molecule has 11 heteroatoms. The number of fused-ring (bicyclic) bond motifs is 3. The Morgan fingerprint density at radius 1 is 1.22 bits per heavy atom. The van der Waals surface area contributed by atoms with E-state index in [0.717, 1.165) is 11.3 Å². The van der Waals surface area contributed by atoms with Crippen LogP contribution in [0.2, 0.25) is 5.02 Å². The first-order chi connectivity index (χ1) is 15.1. The van der Waals surface area contributed by atoms with Crippen LogP contribution >= 0.6 is 11.6 Å². The van der Waals surface area contributed by atoms with Crippen LogP contribution in [0.3, 0.4) is 0 Å². The average molecular weight is 465 g/mol. The number of rotatable bonds is 5. The van der Waals surface area contributed by atoms with Crippen LogP contribution < -0.4 is 4.74 Å². The highest BCUT2D eigenvalue weighted by Crippen LogP contribution is 2.32. The van der Waals surface area contributed by atoms with Crippen molar-refractivity contribution in [1.82, 2.24) is 19.5 Å². The van der Waals surface area contributed by atoms with E-state index in [1.807, 2.05) is 6.92 Å². The summed E-state index contributed by atoms with van der Waals surface area (Å²) < 4.78 is 38.8. The maximum Gasteiger partial charge on any atom is 0.502 e. The molecule has 0 saturated carbocycles. The lowest BCUT2D eigenvalue weighted by atomic mass is 10.1. The van der Waals surface area contributed by atoms with E-state index in [9.17, 15) is 18.4 Å². The van der Waals surface area contributed by atoms with E-state index in [1.165, 1.54) is 36.1 Å². The van der Waals surface area contributed by atoms with Gasteiger partial charge in [-0.25, -0.2) is 14.3 Å². The third-order valence-electron chi connectivity index (χ3n) is 5.11. The van der Waals surface area contributed by atoms with Gasteiger partial charge in [0.05, 0.1) is 47.4 Å². The van der Waals surface area contributed by atoms with Crippen LogP contribution in [0.15, 0.2) is 24.3 Å². The third-order valence-corrected chi connectivity index (χ3v) is 5.66. The molecular weight excluding hydrogens is 446 g/mol. The van der Waals surface area contributed by atoms with Gasteiger partial charge in [0.2, 0.25) is 0 Å². The molecule has 0 saturated heterocycles. The fraction of sp³-hybridized carbons (Fsp3) is 0.333. The lowest BCUT2D eigenvalue weighted by molar-refractivity contribution is -0.216. The molecule has 0 N–H and O–H groups in total. The Morgan fingerprint density at radius 3 is 2.66 bits per heavy atom. The van der Waals surface area contributed by atoms with Gasteiger partial charge < -0.3 is 14.4 Å². The SMILES string of the molecule is CCOC(=O)C(F)(F)Oc1ccccc1C(=O)N1Cc2nn3c(C)c(Cl)c(C)nc3c2C1. The molecule has 168 valence electrons. The van der Waals surface area contributed by atoms with Gasteiger partial charge in [-0.3, -0.25) is 4.79 Å². The molecule has 0 spiro atoms. The van der Waals surface area contributed by atoms with Crippen molar-refractivity contribution < 1.29 is 27.8 Å². The number of nitrogens with zero attached hydrogens (tertiary/aromatic N) is 4. The van der Waals surface area contributed by atoms with Crippen LogP contribution in [-0.2, 0) is 22.6 Å². The standard InChI is InChI=1S/C21H19ClF2N4O4/c1-4-31-20(30)21(23,24)32-16-8-6-5-7-13(16)19(29)27-9-14-15(10-27)26-28-12(3)17(22)11(2)25-18(14)28/h5-8H,4,9-10H2,1-3H3. The zero-order valence-corrected chi connectivity index (χ0v) is 18.2. The Labute approximate surface area is 186 Å². The first-order valence-corrected chi connectivity index (χ1v) is 10.2. The molecule has 0 bridgehead atoms. The predicted octanol–water partition coefficient (Wildman–Crippen LogP) is 3.69. The number of aromatic nitrogens is 3. The molecule has 1 amide bonds. The van der Waals surface area contributed by atoms with E-state index >= 15 is 0 Å². The zero-order valence-electron chi connectivity index (χ0n) is 17.5. The molecule has 0 fully saturated rings. The van der Waals surface area contributed by atoms with E-state index in [2.05, 4.69) is 19.6 Å². The molecular formula is C21H19ClF2N4O4. The molecule has 1 aromatic carbocycles. The Morgan fingerprint density at radius 2 is 1.94 bits per heavy atom. The summed E-state index contributed by atoms with van der Waals surface area (Å²) in [6.07, 6.45) is -4.24. The van der Waals surface area contributed by atoms with Crippen LogP contribution in [0, 0.1) is 13.8 Å². The van der Waals surface area contributed by atoms with Crippen LogP contribution in [0.1, 0.15) is 39.9 Å². The number of carbonyl (C=O) groups is 2. The second kappa shape index (κ2) is 8.01. The summed E-state index contributed by atoms with van der Waals surface area (Å²) in [6, 6.07) is 5.50. The summed E-state index contributed by atoms with van der Waals surface area (Å²) in [5.41, 5.74) is 3.27. The number of para-hydroxylation sites is 1. The van der Waals surface area contributed by atoms with Crippen molar-refractivity contribution in [2.75, 3.05) is 6.61 Å².